The van der Waals surface area contributed by atoms with Crippen LogP contribution in [0.25, 0.3) is 0 Å². The van der Waals surface area contributed by atoms with Crippen LogP contribution in [0, 0.1) is 5.92 Å². The van der Waals surface area contributed by atoms with Gasteiger partial charge < -0.3 is 5.32 Å². The van der Waals surface area contributed by atoms with Gasteiger partial charge in [0.15, 0.2) is 0 Å². The quantitative estimate of drug-likeness (QED) is 0.850. The van der Waals surface area contributed by atoms with Gasteiger partial charge in [-0.25, -0.2) is 4.98 Å². The molecule has 0 amide bonds. The van der Waals surface area contributed by atoms with Crippen LogP contribution in [0.15, 0.2) is 6.20 Å². The molecule has 3 heteroatoms. The lowest BCUT2D eigenvalue weighted by atomic mass is 9.78. The number of aromatic nitrogens is 1. The molecule has 2 rings (SSSR count). The standard InChI is InChI=1S/C13H22N2S/c1-10(2)7-12-14-8-11(16-12)9-15-13(3)5-4-6-13/h8,10,15H,4-7,9H2,1-3H3. The van der Waals surface area contributed by atoms with Crippen molar-refractivity contribution >= 4 is 11.3 Å². The molecule has 0 aliphatic heterocycles. The highest BCUT2D eigenvalue weighted by Gasteiger charge is 2.30. The van der Waals surface area contributed by atoms with Gasteiger partial charge in [0.25, 0.3) is 0 Å². The number of thiazole rings is 1. The van der Waals surface area contributed by atoms with Crippen LogP contribution in [-0.2, 0) is 13.0 Å². The first-order valence-electron chi connectivity index (χ1n) is 6.26. The molecule has 0 saturated heterocycles. The van der Waals surface area contributed by atoms with E-state index in [0.29, 0.717) is 11.5 Å². The summed E-state index contributed by atoms with van der Waals surface area (Å²) in [7, 11) is 0. The van der Waals surface area contributed by atoms with Crippen LogP contribution in [-0.4, -0.2) is 10.5 Å². The highest BCUT2D eigenvalue weighted by molar-refractivity contribution is 7.11. The molecule has 1 saturated carbocycles. The Kier molecular flexibility index (Phi) is 3.65. The molecular weight excluding hydrogens is 216 g/mol. The van der Waals surface area contributed by atoms with Gasteiger partial charge in [0.05, 0.1) is 5.01 Å². The first-order valence-corrected chi connectivity index (χ1v) is 7.08. The van der Waals surface area contributed by atoms with Crippen molar-refractivity contribution in [2.75, 3.05) is 0 Å². The lowest BCUT2D eigenvalue weighted by Crippen LogP contribution is -2.47. The Hall–Kier alpha value is -0.410. The van der Waals surface area contributed by atoms with Crippen molar-refractivity contribution in [3.8, 4) is 0 Å². The van der Waals surface area contributed by atoms with E-state index >= 15 is 0 Å². The van der Waals surface area contributed by atoms with Crippen LogP contribution in [0.5, 0.6) is 0 Å². The topological polar surface area (TPSA) is 24.9 Å². The first-order chi connectivity index (χ1) is 7.57. The second kappa shape index (κ2) is 4.84. The summed E-state index contributed by atoms with van der Waals surface area (Å²) in [6.07, 6.45) is 7.18. The molecule has 16 heavy (non-hydrogen) atoms. The Bertz CT molecular complexity index is 339. The van der Waals surface area contributed by atoms with E-state index in [4.69, 9.17) is 0 Å². The van der Waals surface area contributed by atoms with Gasteiger partial charge in [-0.1, -0.05) is 13.8 Å². The molecule has 2 nitrogen and oxygen atoms in total. The lowest BCUT2D eigenvalue weighted by Gasteiger charge is -2.39. The fourth-order valence-corrected chi connectivity index (χ4v) is 3.13. The van der Waals surface area contributed by atoms with Crippen LogP contribution < -0.4 is 5.32 Å². The van der Waals surface area contributed by atoms with Crippen molar-refractivity contribution in [1.82, 2.24) is 10.3 Å². The van der Waals surface area contributed by atoms with E-state index in [1.165, 1.54) is 29.1 Å². The summed E-state index contributed by atoms with van der Waals surface area (Å²) < 4.78 is 0. The second-order valence-corrected chi connectivity index (χ2v) is 6.79. The van der Waals surface area contributed by atoms with Crippen LogP contribution >= 0.6 is 11.3 Å². The van der Waals surface area contributed by atoms with E-state index in [2.05, 4.69) is 31.1 Å². The molecule has 1 N–H and O–H groups in total. The maximum absolute atomic E-state index is 4.48. The zero-order valence-corrected chi connectivity index (χ0v) is 11.4. The number of hydrogen-bond donors (Lipinski definition) is 1. The maximum Gasteiger partial charge on any atom is 0.0930 e. The normalized spacial score (nSPS) is 18.8. The lowest BCUT2D eigenvalue weighted by molar-refractivity contribution is 0.207. The summed E-state index contributed by atoms with van der Waals surface area (Å²) in [6, 6.07) is 0. The molecule has 1 heterocycles. The molecule has 0 unspecified atom stereocenters. The van der Waals surface area contributed by atoms with Gasteiger partial charge in [-0.15, -0.1) is 11.3 Å². The van der Waals surface area contributed by atoms with E-state index in [1.807, 2.05) is 17.5 Å². The van der Waals surface area contributed by atoms with Crippen LogP contribution in [0.1, 0.15) is 49.9 Å². The monoisotopic (exact) mass is 238 g/mol. The van der Waals surface area contributed by atoms with Gasteiger partial charge in [0, 0.05) is 29.6 Å². The minimum absolute atomic E-state index is 0.405. The van der Waals surface area contributed by atoms with Crippen LogP contribution in [0.4, 0.5) is 0 Å². The summed E-state index contributed by atoms with van der Waals surface area (Å²) in [4.78, 5) is 5.86. The molecule has 90 valence electrons. The van der Waals surface area contributed by atoms with Crippen molar-refractivity contribution < 1.29 is 0 Å². The SMILES string of the molecule is CC(C)Cc1ncc(CNC2(C)CCC2)s1. The molecular formula is C13H22N2S. The Morgan fingerprint density at radius 3 is 2.81 bits per heavy atom. The number of rotatable bonds is 5. The highest BCUT2D eigenvalue weighted by atomic mass is 32.1. The smallest absolute Gasteiger partial charge is 0.0930 e. The zero-order chi connectivity index (χ0) is 11.6. The molecule has 1 fully saturated rings. The highest BCUT2D eigenvalue weighted by Crippen LogP contribution is 2.31. The molecule has 0 aromatic carbocycles. The molecule has 0 bridgehead atoms. The number of hydrogen-bond acceptors (Lipinski definition) is 3. The van der Waals surface area contributed by atoms with Crippen molar-refractivity contribution in [2.24, 2.45) is 5.92 Å². The average molecular weight is 238 g/mol. The Morgan fingerprint density at radius 2 is 2.25 bits per heavy atom. The largest absolute Gasteiger partial charge is 0.307 e. The van der Waals surface area contributed by atoms with Gasteiger partial charge in [0.2, 0.25) is 0 Å². The van der Waals surface area contributed by atoms with E-state index in [0.717, 1.165) is 13.0 Å². The Balaban J connectivity index is 1.83. The van der Waals surface area contributed by atoms with Crippen LogP contribution in [0.2, 0.25) is 0 Å². The summed E-state index contributed by atoms with van der Waals surface area (Å²) in [6.45, 7) is 7.81. The summed E-state index contributed by atoms with van der Waals surface area (Å²) in [5.41, 5.74) is 0.405. The summed E-state index contributed by atoms with van der Waals surface area (Å²) >= 11 is 1.86. The molecule has 0 radical (unpaired) electrons. The summed E-state index contributed by atoms with van der Waals surface area (Å²) in [5, 5.41) is 4.93. The fourth-order valence-electron chi connectivity index (χ4n) is 2.06. The van der Waals surface area contributed by atoms with E-state index in [1.54, 1.807) is 0 Å². The van der Waals surface area contributed by atoms with E-state index < -0.39 is 0 Å². The molecule has 0 atom stereocenters. The van der Waals surface area contributed by atoms with Crippen LogP contribution in [0.3, 0.4) is 0 Å². The first kappa shape index (κ1) is 12.1. The van der Waals surface area contributed by atoms with E-state index in [-0.39, 0.29) is 0 Å². The molecule has 1 aromatic heterocycles. The predicted octanol–water partition coefficient (Wildman–Crippen LogP) is 3.37. The molecule has 1 aliphatic carbocycles. The molecule has 1 aliphatic rings. The third-order valence-corrected chi connectivity index (χ3v) is 4.35. The minimum Gasteiger partial charge on any atom is -0.307 e. The zero-order valence-electron chi connectivity index (χ0n) is 10.5. The van der Waals surface area contributed by atoms with Gasteiger partial charge in [-0.2, -0.15) is 0 Å². The number of nitrogens with one attached hydrogen (secondary N) is 1. The van der Waals surface area contributed by atoms with Crippen molar-refractivity contribution in [1.29, 1.82) is 0 Å². The van der Waals surface area contributed by atoms with E-state index in [9.17, 15) is 0 Å². The van der Waals surface area contributed by atoms with Gasteiger partial charge >= 0.3 is 0 Å². The number of nitrogens with zero attached hydrogens (tertiary/aromatic N) is 1. The Labute approximate surface area is 102 Å². The predicted molar refractivity (Wildman–Crippen MR) is 69.8 cm³/mol. The van der Waals surface area contributed by atoms with Gasteiger partial charge in [0.1, 0.15) is 0 Å². The second-order valence-electron chi connectivity index (χ2n) is 5.59. The van der Waals surface area contributed by atoms with Gasteiger partial charge in [-0.3, -0.25) is 0 Å². The third kappa shape index (κ3) is 3.05. The summed E-state index contributed by atoms with van der Waals surface area (Å²) in [5.74, 6) is 0.705. The minimum atomic E-state index is 0.405. The molecule has 0 spiro atoms. The average Bonchev–Trinajstić information content (AvgIpc) is 2.58. The van der Waals surface area contributed by atoms with Crippen molar-refractivity contribution in [2.45, 2.75) is 58.5 Å². The third-order valence-electron chi connectivity index (χ3n) is 3.33. The van der Waals surface area contributed by atoms with Crippen molar-refractivity contribution in [3.63, 3.8) is 0 Å². The maximum atomic E-state index is 4.48. The van der Waals surface area contributed by atoms with Gasteiger partial charge in [-0.05, 0) is 32.1 Å². The van der Waals surface area contributed by atoms with Crippen molar-refractivity contribution in [3.05, 3.63) is 16.1 Å². The molecule has 1 aromatic rings. The Morgan fingerprint density at radius 1 is 1.50 bits per heavy atom. The fraction of sp³-hybridized carbons (Fsp3) is 0.769.